The molecule has 0 fully saturated rings. The van der Waals surface area contributed by atoms with E-state index in [1.807, 2.05) is 0 Å². The zero-order valence-electron chi connectivity index (χ0n) is 7.25. The highest BCUT2D eigenvalue weighted by molar-refractivity contribution is 9.10. The molecule has 0 saturated heterocycles. The Balaban J connectivity index is 2.88. The van der Waals surface area contributed by atoms with Gasteiger partial charge in [-0.25, -0.2) is 4.39 Å². The van der Waals surface area contributed by atoms with Crippen molar-refractivity contribution in [3.63, 3.8) is 0 Å². The molecule has 0 spiro atoms. The molecular weight excluding hydrogens is 269 g/mol. The van der Waals surface area contributed by atoms with Crippen LogP contribution in [0.2, 0.25) is 0 Å². The van der Waals surface area contributed by atoms with Crippen molar-refractivity contribution in [3.05, 3.63) is 28.2 Å². The number of amides is 1. The number of hydrogen-bond acceptors (Lipinski definition) is 3. The van der Waals surface area contributed by atoms with Crippen LogP contribution in [0.15, 0.2) is 21.0 Å². The molecule has 0 saturated carbocycles. The number of carbonyl (C=O) groups is 1. The van der Waals surface area contributed by atoms with Crippen molar-refractivity contribution >= 4 is 32.8 Å². The Morgan fingerprint density at radius 1 is 1.53 bits per heavy atom. The maximum atomic E-state index is 12.9. The Hall–Kier alpha value is -1.56. The molecule has 0 atom stereocenters. The first-order valence-electron chi connectivity index (χ1n) is 3.91. The van der Waals surface area contributed by atoms with Gasteiger partial charge in [0.15, 0.2) is 11.3 Å². The molecular formula is C9H5BrFNO3. The van der Waals surface area contributed by atoms with Crippen molar-refractivity contribution in [1.29, 1.82) is 0 Å². The molecule has 2 aromatic rings. The molecule has 6 heteroatoms. The van der Waals surface area contributed by atoms with Crippen LogP contribution in [0.5, 0.6) is 5.75 Å². The smallest absolute Gasteiger partial charge is 0.285 e. The van der Waals surface area contributed by atoms with Crippen molar-refractivity contribution in [3.8, 4) is 5.75 Å². The predicted molar refractivity (Wildman–Crippen MR) is 54.1 cm³/mol. The van der Waals surface area contributed by atoms with Crippen LogP contribution in [0.4, 0.5) is 4.39 Å². The Labute approximate surface area is 91.6 Å². The maximum Gasteiger partial charge on any atom is 0.285 e. The van der Waals surface area contributed by atoms with E-state index in [1.165, 1.54) is 0 Å². The lowest BCUT2D eigenvalue weighted by Crippen LogP contribution is -2.09. The third-order valence-corrected chi connectivity index (χ3v) is 2.69. The van der Waals surface area contributed by atoms with E-state index in [0.717, 1.165) is 12.1 Å². The molecule has 0 bridgehead atoms. The third-order valence-electron chi connectivity index (χ3n) is 1.90. The van der Waals surface area contributed by atoms with Crippen molar-refractivity contribution in [2.75, 3.05) is 0 Å². The number of primary amides is 1. The summed E-state index contributed by atoms with van der Waals surface area (Å²) in [6.07, 6.45) is 0. The normalized spacial score (nSPS) is 10.8. The largest absolute Gasteiger partial charge is 0.504 e. The van der Waals surface area contributed by atoms with Gasteiger partial charge in [-0.15, -0.1) is 0 Å². The molecule has 1 aromatic heterocycles. The minimum Gasteiger partial charge on any atom is -0.504 e. The number of phenolic OH excluding ortho intramolecular Hbond substituents is 1. The van der Waals surface area contributed by atoms with E-state index in [-0.39, 0.29) is 27.0 Å². The zero-order valence-corrected chi connectivity index (χ0v) is 8.84. The lowest BCUT2D eigenvalue weighted by Gasteiger charge is -1.93. The Bertz CT molecular complexity index is 564. The summed E-state index contributed by atoms with van der Waals surface area (Å²) in [6, 6.07) is 2.03. The summed E-state index contributed by atoms with van der Waals surface area (Å²) in [7, 11) is 0. The first-order chi connectivity index (χ1) is 7.00. The predicted octanol–water partition coefficient (Wildman–Crippen LogP) is 2.14. The monoisotopic (exact) mass is 273 g/mol. The van der Waals surface area contributed by atoms with Crippen molar-refractivity contribution in [2.45, 2.75) is 0 Å². The van der Waals surface area contributed by atoms with E-state index in [0.29, 0.717) is 0 Å². The van der Waals surface area contributed by atoms with Gasteiger partial charge in [0.2, 0.25) is 5.76 Å². The molecule has 2 rings (SSSR count). The number of rotatable bonds is 1. The summed E-state index contributed by atoms with van der Waals surface area (Å²) in [6.45, 7) is 0. The van der Waals surface area contributed by atoms with Crippen molar-refractivity contribution in [2.24, 2.45) is 5.73 Å². The van der Waals surface area contributed by atoms with Crippen LogP contribution in [0.1, 0.15) is 10.6 Å². The second-order valence-electron chi connectivity index (χ2n) is 2.91. The topological polar surface area (TPSA) is 76.5 Å². The molecule has 78 valence electrons. The van der Waals surface area contributed by atoms with E-state index in [2.05, 4.69) is 15.9 Å². The lowest BCUT2D eigenvalue weighted by atomic mass is 10.2. The van der Waals surface area contributed by atoms with E-state index in [1.54, 1.807) is 0 Å². The van der Waals surface area contributed by atoms with Crippen LogP contribution in [-0.4, -0.2) is 11.0 Å². The Kier molecular flexibility index (Phi) is 2.15. The Morgan fingerprint density at radius 2 is 2.20 bits per heavy atom. The van der Waals surface area contributed by atoms with Gasteiger partial charge in [-0.3, -0.25) is 4.79 Å². The van der Waals surface area contributed by atoms with E-state index < -0.39 is 11.7 Å². The molecule has 0 unspecified atom stereocenters. The summed E-state index contributed by atoms with van der Waals surface area (Å²) in [4.78, 5) is 10.9. The van der Waals surface area contributed by atoms with Gasteiger partial charge in [-0.2, -0.15) is 0 Å². The van der Waals surface area contributed by atoms with Crippen LogP contribution in [0.3, 0.4) is 0 Å². The first kappa shape index (κ1) is 9.97. The van der Waals surface area contributed by atoms with Gasteiger partial charge < -0.3 is 15.3 Å². The molecule has 0 aliphatic carbocycles. The summed E-state index contributed by atoms with van der Waals surface area (Å²) in [5.74, 6) is -1.94. The Morgan fingerprint density at radius 3 is 2.80 bits per heavy atom. The summed E-state index contributed by atoms with van der Waals surface area (Å²) < 4.78 is 18.2. The number of hydrogen-bond donors (Lipinski definition) is 2. The van der Waals surface area contributed by atoms with Crippen LogP contribution in [-0.2, 0) is 0 Å². The van der Waals surface area contributed by atoms with Crippen LogP contribution in [0.25, 0.3) is 11.0 Å². The molecule has 1 aromatic carbocycles. The standard InChI is InChI=1S/C9H5BrFNO3/c10-6-4-1-3(11)2-5(13)7(4)15-8(6)9(12)14/h1-2,13H,(H2,12,14). The SMILES string of the molecule is NC(=O)c1oc2c(O)cc(F)cc2c1Br. The van der Waals surface area contributed by atoms with Crippen molar-refractivity contribution in [1.82, 2.24) is 0 Å². The average Bonchev–Trinajstić information content (AvgIpc) is 2.44. The number of halogens is 2. The van der Waals surface area contributed by atoms with Gasteiger partial charge in [0.05, 0.1) is 4.47 Å². The average molecular weight is 274 g/mol. The fraction of sp³-hybridized carbons (Fsp3) is 0. The third kappa shape index (κ3) is 1.46. The highest BCUT2D eigenvalue weighted by atomic mass is 79.9. The molecule has 3 N–H and O–H groups in total. The van der Waals surface area contributed by atoms with Crippen LogP contribution in [0, 0.1) is 5.82 Å². The fourth-order valence-corrected chi connectivity index (χ4v) is 1.85. The molecule has 1 heterocycles. The van der Waals surface area contributed by atoms with Crippen LogP contribution < -0.4 is 5.73 Å². The minimum absolute atomic E-state index is 0.0251. The van der Waals surface area contributed by atoms with Crippen LogP contribution >= 0.6 is 15.9 Å². The fourth-order valence-electron chi connectivity index (χ4n) is 1.28. The van der Waals surface area contributed by atoms with Crippen molar-refractivity contribution < 1.29 is 18.7 Å². The van der Waals surface area contributed by atoms with Gasteiger partial charge in [0.1, 0.15) is 5.82 Å². The van der Waals surface area contributed by atoms with E-state index in [9.17, 15) is 14.3 Å². The number of fused-ring (bicyclic) bond motifs is 1. The highest BCUT2D eigenvalue weighted by Gasteiger charge is 2.19. The summed E-state index contributed by atoms with van der Waals surface area (Å²) in [5, 5.41) is 9.63. The van der Waals surface area contributed by atoms with Gasteiger partial charge in [0, 0.05) is 11.5 Å². The highest BCUT2D eigenvalue weighted by Crippen LogP contribution is 2.36. The van der Waals surface area contributed by atoms with Gasteiger partial charge in [-0.1, -0.05) is 0 Å². The first-order valence-corrected chi connectivity index (χ1v) is 4.70. The summed E-state index contributed by atoms with van der Waals surface area (Å²) >= 11 is 3.05. The second kappa shape index (κ2) is 3.23. The van der Waals surface area contributed by atoms with E-state index >= 15 is 0 Å². The van der Waals surface area contributed by atoms with Gasteiger partial charge in [-0.05, 0) is 22.0 Å². The van der Waals surface area contributed by atoms with Gasteiger partial charge in [0.25, 0.3) is 5.91 Å². The molecule has 1 amide bonds. The number of phenols is 1. The number of aromatic hydroxyl groups is 1. The van der Waals surface area contributed by atoms with E-state index in [4.69, 9.17) is 10.2 Å². The summed E-state index contributed by atoms with van der Waals surface area (Å²) in [5.41, 5.74) is 5.05. The molecule has 4 nitrogen and oxygen atoms in total. The number of benzene rings is 1. The van der Waals surface area contributed by atoms with Gasteiger partial charge >= 0.3 is 0 Å². The second-order valence-corrected chi connectivity index (χ2v) is 3.70. The molecule has 0 aliphatic heterocycles. The quantitative estimate of drug-likeness (QED) is 0.836. The molecule has 15 heavy (non-hydrogen) atoms. The lowest BCUT2D eigenvalue weighted by molar-refractivity contribution is 0.0975. The number of carbonyl (C=O) groups excluding carboxylic acids is 1. The number of furan rings is 1. The number of nitrogens with two attached hydrogens (primary N) is 1. The molecule has 0 radical (unpaired) electrons. The molecule has 0 aliphatic rings. The minimum atomic E-state index is -0.794. The maximum absolute atomic E-state index is 12.9. The zero-order chi connectivity index (χ0) is 11.2.